The molecule has 3 rings (SSSR count). The van der Waals surface area contributed by atoms with Gasteiger partial charge in [-0.2, -0.15) is 10.3 Å². The third-order valence-electron chi connectivity index (χ3n) is 3.98. The highest BCUT2D eigenvalue weighted by atomic mass is 32.2. The average Bonchev–Trinajstić information content (AvgIpc) is 2.96. The minimum Gasteiger partial charge on any atom is -0.508 e. The Morgan fingerprint density at radius 1 is 1.25 bits per heavy atom. The van der Waals surface area contributed by atoms with Gasteiger partial charge in [-0.1, -0.05) is 12.1 Å². The molecule has 1 amide bonds. The molecule has 2 aliphatic rings. The molecule has 0 radical (unpaired) electrons. The number of aromatic hydroxyl groups is 1. The van der Waals surface area contributed by atoms with Crippen LogP contribution in [0.1, 0.15) is 12.0 Å². The minimum atomic E-state index is -0.213. The Morgan fingerprint density at radius 3 is 2.62 bits per heavy atom. The fourth-order valence-corrected chi connectivity index (χ4v) is 3.59. The zero-order valence-electron chi connectivity index (χ0n) is 13.2. The number of hydrogen-bond acceptors (Lipinski definition) is 6. The van der Waals surface area contributed by atoms with Crippen LogP contribution in [-0.4, -0.2) is 58.7 Å². The maximum atomic E-state index is 12.1. The van der Waals surface area contributed by atoms with Crippen LogP contribution >= 0.6 is 11.8 Å². The molecule has 0 saturated carbocycles. The van der Waals surface area contributed by atoms with E-state index in [1.54, 1.807) is 30.3 Å². The highest BCUT2D eigenvalue weighted by molar-refractivity contribution is 8.18. The Kier molecular flexibility index (Phi) is 5.18. The summed E-state index contributed by atoms with van der Waals surface area (Å²) in [4.78, 5) is 21.3. The second-order valence-corrected chi connectivity index (χ2v) is 6.65. The lowest BCUT2D eigenvalue weighted by atomic mass is 10.2. The molecule has 2 aliphatic heterocycles. The van der Waals surface area contributed by atoms with Crippen LogP contribution in [0, 0.1) is 11.3 Å². The first-order chi connectivity index (χ1) is 11.7. The van der Waals surface area contributed by atoms with Crippen LogP contribution in [0.4, 0.5) is 0 Å². The van der Waals surface area contributed by atoms with E-state index in [9.17, 15) is 9.90 Å². The van der Waals surface area contributed by atoms with Crippen molar-refractivity contribution in [3.63, 3.8) is 0 Å². The normalized spacial score (nSPS) is 20.3. The van der Waals surface area contributed by atoms with Crippen LogP contribution in [0.3, 0.4) is 0 Å². The van der Waals surface area contributed by atoms with Gasteiger partial charge >= 0.3 is 0 Å². The third kappa shape index (κ3) is 3.96. The Balaban J connectivity index is 1.60. The summed E-state index contributed by atoms with van der Waals surface area (Å²) in [7, 11) is 0. The van der Waals surface area contributed by atoms with Gasteiger partial charge in [-0.3, -0.25) is 9.69 Å². The molecule has 7 heteroatoms. The van der Waals surface area contributed by atoms with Crippen molar-refractivity contribution in [2.24, 2.45) is 4.99 Å². The SMILES string of the molecule is N#CCCN1CCN(C2=NC(=O)/C(=C\c3ccc(O)cc3)S2)CC1. The minimum absolute atomic E-state index is 0.203. The molecule has 1 aromatic carbocycles. The molecule has 0 aromatic heterocycles. The summed E-state index contributed by atoms with van der Waals surface area (Å²) in [5, 5.41) is 18.7. The quantitative estimate of drug-likeness (QED) is 0.845. The second-order valence-electron chi connectivity index (χ2n) is 5.64. The fourth-order valence-electron chi connectivity index (χ4n) is 2.63. The fraction of sp³-hybridized carbons (Fsp3) is 0.353. The van der Waals surface area contributed by atoms with Crippen LogP contribution in [0.25, 0.3) is 6.08 Å². The van der Waals surface area contributed by atoms with Gasteiger partial charge in [0.25, 0.3) is 5.91 Å². The number of nitriles is 1. The van der Waals surface area contributed by atoms with Gasteiger partial charge in [0.2, 0.25) is 0 Å². The van der Waals surface area contributed by atoms with Gasteiger partial charge in [0.05, 0.1) is 11.0 Å². The molecule has 0 atom stereocenters. The van der Waals surface area contributed by atoms with Gasteiger partial charge in [-0.25, -0.2) is 0 Å². The zero-order chi connectivity index (χ0) is 16.9. The Labute approximate surface area is 145 Å². The predicted molar refractivity (Wildman–Crippen MR) is 94.4 cm³/mol. The van der Waals surface area contributed by atoms with Crippen molar-refractivity contribution in [3.05, 3.63) is 34.7 Å². The van der Waals surface area contributed by atoms with Gasteiger partial charge in [0.15, 0.2) is 5.17 Å². The predicted octanol–water partition coefficient (Wildman–Crippen LogP) is 1.89. The molecule has 124 valence electrons. The molecule has 2 heterocycles. The van der Waals surface area contributed by atoms with Crippen LogP contribution in [0.2, 0.25) is 0 Å². The number of amidine groups is 1. The molecular formula is C17H18N4O2S. The zero-order valence-corrected chi connectivity index (χ0v) is 14.0. The summed E-state index contributed by atoms with van der Waals surface area (Å²) in [5.41, 5.74) is 0.862. The number of rotatable bonds is 3. The molecule has 1 fully saturated rings. The average molecular weight is 342 g/mol. The van der Waals surface area contributed by atoms with E-state index in [0.717, 1.165) is 43.5 Å². The second kappa shape index (κ2) is 7.51. The van der Waals surface area contributed by atoms with Crippen LogP contribution in [0.15, 0.2) is 34.2 Å². The monoisotopic (exact) mass is 342 g/mol. The van der Waals surface area contributed by atoms with Crippen molar-refractivity contribution in [1.82, 2.24) is 9.80 Å². The van der Waals surface area contributed by atoms with Gasteiger partial charge in [-0.15, -0.1) is 0 Å². The first-order valence-electron chi connectivity index (χ1n) is 7.81. The molecule has 0 unspecified atom stereocenters. The first-order valence-corrected chi connectivity index (χ1v) is 8.63. The number of aliphatic imine (C=N–C) groups is 1. The summed E-state index contributed by atoms with van der Waals surface area (Å²) in [6.07, 6.45) is 2.35. The van der Waals surface area contributed by atoms with Crippen LogP contribution < -0.4 is 0 Å². The number of benzene rings is 1. The first kappa shape index (κ1) is 16.6. The van der Waals surface area contributed by atoms with Crippen molar-refractivity contribution in [2.45, 2.75) is 6.42 Å². The topological polar surface area (TPSA) is 79.9 Å². The molecule has 0 spiro atoms. The van der Waals surface area contributed by atoms with Crippen molar-refractivity contribution >= 4 is 28.9 Å². The molecule has 0 aliphatic carbocycles. The third-order valence-corrected chi connectivity index (χ3v) is 5.03. The van der Waals surface area contributed by atoms with Crippen molar-refractivity contribution in [2.75, 3.05) is 32.7 Å². The maximum absolute atomic E-state index is 12.1. The van der Waals surface area contributed by atoms with E-state index in [1.165, 1.54) is 11.8 Å². The van der Waals surface area contributed by atoms with Crippen molar-refractivity contribution in [3.8, 4) is 11.8 Å². The number of thioether (sulfide) groups is 1. The maximum Gasteiger partial charge on any atom is 0.286 e. The van der Waals surface area contributed by atoms with Gasteiger partial charge in [0, 0.05) is 39.1 Å². The Morgan fingerprint density at radius 2 is 1.96 bits per heavy atom. The van der Waals surface area contributed by atoms with Gasteiger partial charge in [-0.05, 0) is 35.5 Å². The summed E-state index contributed by atoms with van der Waals surface area (Å²) in [6, 6.07) is 8.89. The van der Waals surface area contributed by atoms with E-state index in [0.29, 0.717) is 11.3 Å². The molecule has 1 saturated heterocycles. The number of carbonyl (C=O) groups is 1. The largest absolute Gasteiger partial charge is 0.508 e. The van der Waals surface area contributed by atoms with Crippen LogP contribution in [-0.2, 0) is 4.79 Å². The summed E-state index contributed by atoms with van der Waals surface area (Å²) in [6.45, 7) is 4.20. The highest BCUT2D eigenvalue weighted by Crippen LogP contribution is 2.30. The van der Waals surface area contributed by atoms with E-state index in [1.807, 2.05) is 0 Å². The number of amides is 1. The van der Waals surface area contributed by atoms with E-state index in [4.69, 9.17) is 5.26 Å². The standard InChI is InChI=1S/C17H18N4O2S/c18-6-1-7-20-8-10-21(11-9-20)17-19-16(23)15(24-17)12-13-2-4-14(22)5-3-13/h2-5,12,22H,1,7-11H2/b15-12+. The number of phenols is 1. The number of nitrogens with zero attached hydrogens (tertiary/aromatic N) is 4. The summed E-state index contributed by atoms with van der Waals surface area (Å²) < 4.78 is 0. The summed E-state index contributed by atoms with van der Waals surface area (Å²) >= 11 is 1.40. The van der Waals surface area contributed by atoms with Crippen LogP contribution in [0.5, 0.6) is 5.75 Å². The molecule has 0 bridgehead atoms. The molecular weight excluding hydrogens is 324 g/mol. The van der Waals surface area contributed by atoms with Gasteiger partial charge in [0.1, 0.15) is 5.75 Å². The lowest BCUT2D eigenvalue weighted by Gasteiger charge is -2.34. The Hall–Kier alpha value is -2.30. The number of phenolic OH excluding ortho intramolecular Hbond substituents is 1. The van der Waals surface area contributed by atoms with E-state index >= 15 is 0 Å². The molecule has 1 aromatic rings. The van der Waals surface area contributed by atoms with E-state index < -0.39 is 0 Å². The Bertz CT molecular complexity index is 713. The number of hydrogen-bond donors (Lipinski definition) is 1. The highest BCUT2D eigenvalue weighted by Gasteiger charge is 2.28. The van der Waals surface area contributed by atoms with E-state index in [-0.39, 0.29) is 11.7 Å². The van der Waals surface area contributed by atoms with Crippen molar-refractivity contribution in [1.29, 1.82) is 5.26 Å². The summed E-state index contributed by atoms with van der Waals surface area (Å²) in [5.74, 6) is -0.0104. The molecule has 1 N–H and O–H groups in total. The van der Waals surface area contributed by atoms with E-state index in [2.05, 4.69) is 20.9 Å². The molecule has 24 heavy (non-hydrogen) atoms. The smallest absolute Gasteiger partial charge is 0.286 e. The van der Waals surface area contributed by atoms with Crippen molar-refractivity contribution < 1.29 is 9.90 Å². The number of piperazine rings is 1. The lowest BCUT2D eigenvalue weighted by Crippen LogP contribution is -2.47. The molecule has 6 nitrogen and oxygen atoms in total. The van der Waals surface area contributed by atoms with Gasteiger partial charge < -0.3 is 10.0 Å². The number of carbonyl (C=O) groups excluding carboxylic acids is 1. The lowest BCUT2D eigenvalue weighted by molar-refractivity contribution is -0.113.